The number of benzene rings is 1. The van der Waals surface area contributed by atoms with E-state index in [0.29, 0.717) is 22.4 Å². The van der Waals surface area contributed by atoms with Gasteiger partial charge in [-0.3, -0.25) is 9.52 Å². The second-order valence-corrected chi connectivity index (χ2v) is 9.72. The highest BCUT2D eigenvalue weighted by Crippen LogP contribution is 2.27. The van der Waals surface area contributed by atoms with Gasteiger partial charge in [0.2, 0.25) is 21.8 Å². The average Bonchev–Trinajstić information content (AvgIpc) is 3.08. The number of sulfonamides is 1. The third kappa shape index (κ3) is 5.26. The summed E-state index contributed by atoms with van der Waals surface area (Å²) in [6.45, 7) is 4.18. The minimum atomic E-state index is -3.32. The van der Waals surface area contributed by atoms with Crippen molar-refractivity contribution in [3.63, 3.8) is 0 Å². The summed E-state index contributed by atoms with van der Waals surface area (Å²) >= 11 is 1.23. The topological polar surface area (TPSA) is 105 Å². The molecule has 1 aliphatic heterocycles. The predicted molar refractivity (Wildman–Crippen MR) is 109 cm³/mol. The number of piperidine rings is 1. The van der Waals surface area contributed by atoms with Crippen molar-refractivity contribution in [1.29, 1.82) is 0 Å². The molecule has 1 amide bonds. The summed E-state index contributed by atoms with van der Waals surface area (Å²) in [5.74, 6) is 0.661. The van der Waals surface area contributed by atoms with E-state index in [1.807, 2.05) is 4.90 Å². The fourth-order valence-corrected chi connectivity index (χ4v) is 4.59. The molecule has 1 aromatic heterocycles. The van der Waals surface area contributed by atoms with Crippen LogP contribution in [0.4, 0.5) is 5.69 Å². The Balaban J connectivity index is 1.60. The van der Waals surface area contributed by atoms with Crippen molar-refractivity contribution in [3.05, 3.63) is 24.3 Å². The van der Waals surface area contributed by atoms with Crippen LogP contribution in [0.5, 0.6) is 0 Å². The number of nitrogens with zero attached hydrogens (tertiary/aromatic N) is 3. The van der Waals surface area contributed by atoms with Crippen LogP contribution in [-0.4, -0.2) is 53.5 Å². The number of rotatable bonds is 6. The van der Waals surface area contributed by atoms with E-state index in [1.54, 1.807) is 24.3 Å². The van der Waals surface area contributed by atoms with Gasteiger partial charge in [-0.25, -0.2) is 8.42 Å². The van der Waals surface area contributed by atoms with Crippen molar-refractivity contribution in [2.24, 2.45) is 0 Å². The van der Waals surface area contributed by atoms with Gasteiger partial charge in [0.05, 0.1) is 12.0 Å². The number of carbonyl (C=O) groups excluding carboxylic acids is 1. The van der Waals surface area contributed by atoms with Crippen LogP contribution in [0.3, 0.4) is 0 Å². The lowest BCUT2D eigenvalue weighted by Crippen LogP contribution is -2.48. The van der Waals surface area contributed by atoms with Crippen molar-refractivity contribution in [2.45, 2.75) is 50.4 Å². The maximum atomic E-state index is 12.6. The molecule has 1 aliphatic rings. The van der Waals surface area contributed by atoms with Gasteiger partial charge in [-0.2, -0.15) is 0 Å². The highest BCUT2D eigenvalue weighted by atomic mass is 32.2. The van der Waals surface area contributed by atoms with Crippen molar-refractivity contribution in [1.82, 2.24) is 15.1 Å². The molecule has 0 unspecified atom stereocenters. The number of carbonyl (C=O) groups is 1. The van der Waals surface area contributed by atoms with E-state index in [2.05, 4.69) is 28.8 Å². The van der Waals surface area contributed by atoms with Crippen LogP contribution >= 0.6 is 11.8 Å². The quantitative estimate of drug-likeness (QED) is 0.711. The summed E-state index contributed by atoms with van der Waals surface area (Å²) in [6, 6.07) is 7.14. The molecule has 2 heterocycles. The maximum absolute atomic E-state index is 12.6. The molecular formula is C18H24N4O4S2. The normalized spacial score (nSPS) is 20.2. The fraction of sp³-hybridized carbons (Fsp3) is 0.500. The van der Waals surface area contributed by atoms with Crippen LogP contribution in [0.1, 0.15) is 33.1 Å². The van der Waals surface area contributed by atoms with Crippen molar-refractivity contribution in [2.75, 3.05) is 16.7 Å². The van der Waals surface area contributed by atoms with Gasteiger partial charge in [-0.15, -0.1) is 10.2 Å². The lowest BCUT2D eigenvalue weighted by molar-refractivity contribution is -0.134. The third-order valence-corrected chi connectivity index (χ3v) is 6.05. The van der Waals surface area contributed by atoms with Gasteiger partial charge >= 0.3 is 0 Å². The first-order valence-electron chi connectivity index (χ1n) is 9.08. The molecule has 10 heteroatoms. The Kier molecular flexibility index (Phi) is 6.29. The first kappa shape index (κ1) is 20.7. The fourth-order valence-electron chi connectivity index (χ4n) is 3.39. The molecule has 0 saturated carbocycles. The zero-order valence-corrected chi connectivity index (χ0v) is 17.7. The zero-order valence-electron chi connectivity index (χ0n) is 16.1. The predicted octanol–water partition coefficient (Wildman–Crippen LogP) is 2.99. The highest BCUT2D eigenvalue weighted by molar-refractivity contribution is 7.99. The number of likely N-dealkylation sites (tertiary alicyclic amines) is 1. The first-order chi connectivity index (χ1) is 13.2. The van der Waals surface area contributed by atoms with Gasteiger partial charge in [-0.05, 0) is 57.4 Å². The molecule has 0 radical (unpaired) electrons. The van der Waals surface area contributed by atoms with E-state index in [1.165, 1.54) is 11.8 Å². The van der Waals surface area contributed by atoms with Gasteiger partial charge < -0.3 is 9.32 Å². The van der Waals surface area contributed by atoms with Crippen molar-refractivity contribution in [3.8, 4) is 11.5 Å². The van der Waals surface area contributed by atoms with Gasteiger partial charge in [-0.1, -0.05) is 11.8 Å². The molecule has 1 N–H and O–H groups in total. The number of hydrogen-bond donors (Lipinski definition) is 1. The molecule has 1 saturated heterocycles. The Bertz CT molecular complexity index is 917. The lowest BCUT2D eigenvalue weighted by atomic mass is 9.98. The molecule has 0 spiro atoms. The molecule has 1 fully saturated rings. The first-order valence-corrected chi connectivity index (χ1v) is 12.0. The lowest BCUT2D eigenvalue weighted by Gasteiger charge is -2.39. The number of aromatic nitrogens is 2. The number of nitrogens with one attached hydrogen (secondary N) is 1. The third-order valence-electron chi connectivity index (χ3n) is 4.64. The SMILES string of the molecule is C[C@@H]1CCC[C@@H](C)N1C(=O)CSc1nnc(-c2ccc(NS(C)(=O)=O)cc2)o1. The summed E-state index contributed by atoms with van der Waals surface area (Å²) in [5, 5.41) is 8.34. The largest absolute Gasteiger partial charge is 0.411 e. The maximum Gasteiger partial charge on any atom is 0.277 e. The van der Waals surface area contributed by atoms with Gasteiger partial charge in [0.25, 0.3) is 5.22 Å². The van der Waals surface area contributed by atoms with Crippen molar-refractivity contribution < 1.29 is 17.6 Å². The second kappa shape index (κ2) is 8.52. The van der Waals surface area contributed by atoms with Crippen LogP contribution in [-0.2, 0) is 14.8 Å². The van der Waals surface area contributed by atoms with Crippen molar-refractivity contribution >= 4 is 33.4 Å². The number of thioether (sulfide) groups is 1. The molecule has 28 heavy (non-hydrogen) atoms. The molecule has 0 bridgehead atoms. The standard InChI is InChI=1S/C18H24N4O4S2/c1-12-5-4-6-13(2)22(12)16(23)11-27-18-20-19-17(26-18)14-7-9-15(10-8-14)21-28(3,24)25/h7-10,12-13,21H,4-6,11H2,1-3H3/t12-,13-/m1/s1. The Morgan fingerprint density at radius 2 is 1.86 bits per heavy atom. The molecule has 152 valence electrons. The Labute approximate surface area is 169 Å². The minimum absolute atomic E-state index is 0.0839. The van der Waals surface area contributed by atoms with Gasteiger partial charge in [0.15, 0.2) is 0 Å². The summed E-state index contributed by atoms with van der Waals surface area (Å²) in [7, 11) is -3.32. The Morgan fingerprint density at radius 1 is 1.21 bits per heavy atom. The molecular weight excluding hydrogens is 400 g/mol. The average molecular weight is 425 g/mol. The molecule has 2 atom stereocenters. The van der Waals surface area contributed by atoms with Gasteiger partial charge in [0, 0.05) is 23.3 Å². The van der Waals surface area contributed by atoms with E-state index in [0.717, 1.165) is 25.5 Å². The van der Waals surface area contributed by atoms with Crippen LogP contribution in [0.2, 0.25) is 0 Å². The van der Waals surface area contributed by atoms with E-state index >= 15 is 0 Å². The summed E-state index contributed by atoms with van der Waals surface area (Å²) in [6.07, 6.45) is 4.32. The van der Waals surface area contributed by atoms with E-state index in [-0.39, 0.29) is 23.7 Å². The highest BCUT2D eigenvalue weighted by Gasteiger charge is 2.29. The van der Waals surface area contributed by atoms with Crippen LogP contribution in [0.25, 0.3) is 11.5 Å². The van der Waals surface area contributed by atoms with E-state index in [9.17, 15) is 13.2 Å². The second-order valence-electron chi connectivity index (χ2n) is 7.04. The minimum Gasteiger partial charge on any atom is -0.411 e. The van der Waals surface area contributed by atoms with E-state index < -0.39 is 10.0 Å². The molecule has 0 aliphatic carbocycles. The zero-order chi connectivity index (χ0) is 20.3. The summed E-state index contributed by atoms with van der Waals surface area (Å²) in [4.78, 5) is 14.5. The molecule has 1 aromatic carbocycles. The van der Waals surface area contributed by atoms with Crippen LogP contribution in [0, 0.1) is 0 Å². The van der Waals surface area contributed by atoms with Crippen LogP contribution < -0.4 is 4.72 Å². The van der Waals surface area contributed by atoms with Crippen LogP contribution in [0.15, 0.2) is 33.9 Å². The van der Waals surface area contributed by atoms with E-state index in [4.69, 9.17) is 4.42 Å². The Morgan fingerprint density at radius 3 is 2.46 bits per heavy atom. The number of anilines is 1. The molecule has 8 nitrogen and oxygen atoms in total. The summed E-state index contributed by atoms with van der Waals surface area (Å²) < 4.78 is 30.5. The Hall–Kier alpha value is -2.07. The number of amides is 1. The number of hydrogen-bond acceptors (Lipinski definition) is 7. The van der Waals surface area contributed by atoms with Gasteiger partial charge in [0.1, 0.15) is 0 Å². The smallest absolute Gasteiger partial charge is 0.277 e. The summed E-state index contributed by atoms with van der Waals surface area (Å²) in [5.41, 5.74) is 1.12. The molecule has 2 aromatic rings. The monoisotopic (exact) mass is 424 g/mol. The molecule has 3 rings (SSSR count).